The first-order valence-corrected chi connectivity index (χ1v) is 7.74. The highest BCUT2D eigenvalue weighted by molar-refractivity contribution is 5.93. The first kappa shape index (κ1) is 15.9. The van der Waals surface area contributed by atoms with E-state index >= 15 is 0 Å². The van der Waals surface area contributed by atoms with Crippen LogP contribution in [-0.4, -0.2) is 31.6 Å². The molecule has 3 aromatic heterocycles. The molecule has 24 heavy (non-hydrogen) atoms. The van der Waals surface area contributed by atoms with Crippen molar-refractivity contribution < 1.29 is 4.79 Å². The summed E-state index contributed by atoms with van der Waals surface area (Å²) in [6, 6.07) is 7.34. The fourth-order valence-electron chi connectivity index (χ4n) is 2.70. The molecule has 0 saturated heterocycles. The van der Waals surface area contributed by atoms with Crippen molar-refractivity contribution in [3.8, 4) is 0 Å². The number of nitrogens with zero attached hydrogens (tertiary/aromatic N) is 4. The highest BCUT2D eigenvalue weighted by Crippen LogP contribution is 2.03. The van der Waals surface area contributed by atoms with E-state index in [1.807, 2.05) is 30.7 Å². The van der Waals surface area contributed by atoms with Gasteiger partial charge in [-0.25, -0.2) is 4.98 Å². The van der Waals surface area contributed by atoms with Crippen molar-refractivity contribution in [1.29, 1.82) is 0 Å². The van der Waals surface area contributed by atoms with Crippen LogP contribution >= 0.6 is 0 Å². The Labute approximate surface area is 139 Å². The Morgan fingerprint density at radius 3 is 2.71 bits per heavy atom. The molecule has 0 unspecified atom stereocenters. The Morgan fingerprint density at radius 2 is 2.00 bits per heavy atom. The molecule has 3 rings (SSSR count). The molecule has 3 heterocycles. The molecule has 0 spiro atoms. The second-order valence-electron chi connectivity index (χ2n) is 5.74. The van der Waals surface area contributed by atoms with Crippen LogP contribution in [-0.2, 0) is 6.54 Å². The molecule has 0 aliphatic heterocycles. The van der Waals surface area contributed by atoms with Crippen molar-refractivity contribution in [2.24, 2.45) is 0 Å². The fraction of sp³-hybridized carbons (Fsp3) is 0.294. The number of amides is 1. The summed E-state index contributed by atoms with van der Waals surface area (Å²) in [4.78, 5) is 29.0. The maximum absolute atomic E-state index is 12.5. The molecule has 3 aromatic rings. The van der Waals surface area contributed by atoms with E-state index in [1.54, 1.807) is 19.1 Å². The number of carbonyl (C=O) groups is 1. The van der Waals surface area contributed by atoms with E-state index in [2.05, 4.69) is 15.4 Å². The summed E-state index contributed by atoms with van der Waals surface area (Å²) >= 11 is 0. The number of hydrogen-bond acceptors (Lipinski definition) is 4. The molecule has 0 fully saturated rings. The molecule has 1 N–H and O–H groups in total. The summed E-state index contributed by atoms with van der Waals surface area (Å²) in [5.41, 5.74) is 2.91. The van der Waals surface area contributed by atoms with E-state index in [1.165, 1.54) is 10.6 Å². The Kier molecular flexibility index (Phi) is 4.16. The zero-order valence-corrected chi connectivity index (χ0v) is 13.9. The minimum atomic E-state index is -0.424. The molecule has 0 aliphatic carbocycles. The van der Waals surface area contributed by atoms with Gasteiger partial charge in [-0.3, -0.25) is 18.7 Å². The summed E-state index contributed by atoms with van der Waals surface area (Å²) in [6.07, 6.45) is 1.33. The third-order valence-electron chi connectivity index (χ3n) is 3.88. The molecule has 7 nitrogen and oxygen atoms in total. The smallest absolute Gasteiger partial charge is 0.270 e. The van der Waals surface area contributed by atoms with E-state index < -0.39 is 5.91 Å². The number of hydrogen-bond donors (Lipinski definition) is 1. The van der Waals surface area contributed by atoms with Crippen LogP contribution in [0.15, 0.2) is 35.3 Å². The van der Waals surface area contributed by atoms with Crippen molar-refractivity contribution in [2.45, 2.75) is 27.3 Å². The van der Waals surface area contributed by atoms with Crippen molar-refractivity contribution in [3.63, 3.8) is 0 Å². The van der Waals surface area contributed by atoms with E-state index in [9.17, 15) is 9.59 Å². The van der Waals surface area contributed by atoms with Crippen LogP contribution in [0.5, 0.6) is 0 Å². The van der Waals surface area contributed by atoms with Gasteiger partial charge in [-0.2, -0.15) is 5.10 Å². The molecule has 124 valence electrons. The monoisotopic (exact) mass is 325 g/mol. The maximum Gasteiger partial charge on any atom is 0.270 e. The van der Waals surface area contributed by atoms with Crippen LogP contribution in [0.3, 0.4) is 0 Å². The molecule has 0 saturated carbocycles. The Bertz CT molecular complexity index is 971. The van der Waals surface area contributed by atoms with E-state index in [0.29, 0.717) is 18.7 Å². The second-order valence-corrected chi connectivity index (χ2v) is 5.74. The zero-order chi connectivity index (χ0) is 17.3. The fourth-order valence-corrected chi connectivity index (χ4v) is 2.70. The predicted octanol–water partition coefficient (Wildman–Crippen LogP) is 1.25. The number of aromatic nitrogens is 4. The van der Waals surface area contributed by atoms with Crippen molar-refractivity contribution in [2.75, 3.05) is 6.54 Å². The van der Waals surface area contributed by atoms with Gasteiger partial charge in [0.2, 0.25) is 0 Å². The third-order valence-corrected chi connectivity index (χ3v) is 3.88. The van der Waals surface area contributed by atoms with Crippen LogP contribution in [0.4, 0.5) is 0 Å². The van der Waals surface area contributed by atoms with Gasteiger partial charge in [-0.05, 0) is 39.0 Å². The number of carbonyl (C=O) groups excluding carboxylic acids is 1. The van der Waals surface area contributed by atoms with E-state index in [-0.39, 0.29) is 11.1 Å². The lowest BCUT2D eigenvalue weighted by molar-refractivity contribution is 0.0950. The molecule has 7 heteroatoms. The van der Waals surface area contributed by atoms with Crippen LogP contribution < -0.4 is 10.9 Å². The minimum Gasteiger partial charge on any atom is -0.350 e. The molecule has 0 bridgehead atoms. The lowest BCUT2D eigenvalue weighted by Crippen LogP contribution is -2.34. The largest absolute Gasteiger partial charge is 0.350 e. The number of nitrogens with one attached hydrogen (secondary N) is 1. The van der Waals surface area contributed by atoms with Gasteiger partial charge in [0.05, 0.1) is 12.2 Å². The second kappa shape index (κ2) is 6.27. The third kappa shape index (κ3) is 2.92. The average Bonchev–Trinajstić information content (AvgIpc) is 2.85. The lowest BCUT2D eigenvalue weighted by atomic mass is 10.3. The van der Waals surface area contributed by atoms with E-state index in [4.69, 9.17) is 0 Å². The van der Waals surface area contributed by atoms with Crippen LogP contribution in [0.25, 0.3) is 5.65 Å². The van der Waals surface area contributed by atoms with Gasteiger partial charge in [0.25, 0.3) is 11.5 Å². The van der Waals surface area contributed by atoms with Crippen LogP contribution in [0.2, 0.25) is 0 Å². The number of rotatable bonds is 4. The average molecular weight is 325 g/mol. The van der Waals surface area contributed by atoms with Crippen molar-refractivity contribution in [1.82, 2.24) is 24.5 Å². The quantitative estimate of drug-likeness (QED) is 0.783. The normalized spacial score (nSPS) is 11.0. The molecular weight excluding hydrogens is 306 g/mol. The van der Waals surface area contributed by atoms with Gasteiger partial charge >= 0.3 is 0 Å². The highest BCUT2D eigenvalue weighted by Gasteiger charge is 2.13. The van der Waals surface area contributed by atoms with Gasteiger partial charge in [0.15, 0.2) is 0 Å². The SMILES string of the molecule is Cc1cc(C)n(CCNC(=O)c2cnc3cccc(C)n3c2=O)n1. The zero-order valence-electron chi connectivity index (χ0n) is 13.9. The first-order valence-electron chi connectivity index (χ1n) is 7.74. The van der Waals surface area contributed by atoms with E-state index in [0.717, 1.165) is 17.1 Å². The molecular formula is C17H19N5O2. The van der Waals surface area contributed by atoms with Gasteiger partial charge in [-0.15, -0.1) is 0 Å². The summed E-state index contributed by atoms with van der Waals surface area (Å²) in [5, 5.41) is 7.09. The minimum absolute atomic E-state index is 0.0372. The summed E-state index contributed by atoms with van der Waals surface area (Å²) < 4.78 is 3.27. The summed E-state index contributed by atoms with van der Waals surface area (Å²) in [6.45, 7) is 6.63. The van der Waals surface area contributed by atoms with Crippen LogP contribution in [0, 0.1) is 20.8 Å². The van der Waals surface area contributed by atoms with Crippen LogP contribution in [0.1, 0.15) is 27.4 Å². The van der Waals surface area contributed by atoms with Gasteiger partial charge in [-0.1, -0.05) is 6.07 Å². The lowest BCUT2D eigenvalue weighted by Gasteiger charge is -2.08. The Balaban J connectivity index is 1.77. The summed E-state index contributed by atoms with van der Waals surface area (Å²) in [7, 11) is 0. The summed E-state index contributed by atoms with van der Waals surface area (Å²) in [5.74, 6) is -0.424. The van der Waals surface area contributed by atoms with Crippen molar-refractivity contribution in [3.05, 3.63) is 63.5 Å². The van der Waals surface area contributed by atoms with Gasteiger partial charge < -0.3 is 5.32 Å². The van der Waals surface area contributed by atoms with Crippen molar-refractivity contribution >= 4 is 11.6 Å². The molecule has 0 aliphatic rings. The van der Waals surface area contributed by atoms with Gasteiger partial charge in [0, 0.05) is 24.1 Å². The molecule has 0 atom stereocenters. The topological polar surface area (TPSA) is 81.3 Å². The number of pyridine rings is 1. The predicted molar refractivity (Wildman–Crippen MR) is 90.2 cm³/mol. The number of aryl methyl sites for hydroxylation is 3. The van der Waals surface area contributed by atoms with Gasteiger partial charge in [0.1, 0.15) is 11.2 Å². The highest BCUT2D eigenvalue weighted by atomic mass is 16.2. The Morgan fingerprint density at radius 1 is 1.21 bits per heavy atom. The molecule has 0 radical (unpaired) electrons. The standard InChI is InChI=1S/C17H19N5O2/c1-11-9-13(3)21(20-11)8-7-18-16(23)14-10-19-15-6-4-5-12(2)22(15)17(14)24/h4-6,9-10H,7-8H2,1-3H3,(H,18,23). The maximum atomic E-state index is 12.5. The molecule has 0 aromatic carbocycles. The molecule has 1 amide bonds. The Hall–Kier alpha value is -2.96. The number of fused-ring (bicyclic) bond motifs is 1. The first-order chi connectivity index (χ1) is 11.5.